The standard InChI is InChI=1S/C23H26N2O3/c26-21(19-9-8-17-6-1-2-7-18(17)10-19)25-13-20-12-24(11-16-4-3-5-16)14-23(20,15-25)22(27)28/h1-2,6-10,16,20H,3-5,11-15H2,(H,27,28)/t20-,23-/m1/s1. The molecular formula is C23H26N2O3. The van der Waals surface area contributed by atoms with Gasteiger partial charge < -0.3 is 14.9 Å². The van der Waals surface area contributed by atoms with E-state index >= 15 is 0 Å². The molecule has 2 aliphatic heterocycles. The zero-order valence-electron chi connectivity index (χ0n) is 16.0. The lowest BCUT2D eigenvalue weighted by Gasteiger charge is -2.31. The van der Waals surface area contributed by atoms with Gasteiger partial charge in [0.05, 0.1) is 0 Å². The Hall–Kier alpha value is -2.40. The van der Waals surface area contributed by atoms with Crippen molar-refractivity contribution in [2.24, 2.45) is 17.3 Å². The first-order valence-corrected chi connectivity index (χ1v) is 10.3. The molecule has 28 heavy (non-hydrogen) atoms. The van der Waals surface area contributed by atoms with Gasteiger partial charge in [-0.05, 0) is 41.7 Å². The van der Waals surface area contributed by atoms with Crippen molar-refractivity contribution >= 4 is 22.6 Å². The summed E-state index contributed by atoms with van der Waals surface area (Å²) in [7, 11) is 0. The molecule has 1 amide bonds. The number of carbonyl (C=O) groups is 2. The summed E-state index contributed by atoms with van der Waals surface area (Å²) in [6.07, 6.45) is 3.85. The van der Waals surface area contributed by atoms with Crippen LogP contribution in [-0.2, 0) is 4.79 Å². The number of carboxylic acid groups (broad SMARTS) is 1. The van der Waals surface area contributed by atoms with Gasteiger partial charge in [-0.15, -0.1) is 0 Å². The molecule has 2 aromatic carbocycles. The Kier molecular flexibility index (Phi) is 4.16. The van der Waals surface area contributed by atoms with Gasteiger partial charge in [0.25, 0.3) is 5.91 Å². The predicted octanol–water partition coefficient (Wildman–Crippen LogP) is 3.10. The van der Waals surface area contributed by atoms with E-state index in [2.05, 4.69) is 4.90 Å². The van der Waals surface area contributed by atoms with Gasteiger partial charge in [0, 0.05) is 44.2 Å². The smallest absolute Gasteiger partial charge is 0.313 e. The number of nitrogens with zero attached hydrogens (tertiary/aromatic N) is 2. The molecule has 146 valence electrons. The van der Waals surface area contributed by atoms with Crippen LogP contribution in [0.3, 0.4) is 0 Å². The van der Waals surface area contributed by atoms with Crippen molar-refractivity contribution in [3.8, 4) is 0 Å². The van der Waals surface area contributed by atoms with E-state index < -0.39 is 11.4 Å². The third kappa shape index (κ3) is 2.80. The van der Waals surface area contributed by atoms with E-state index in [0.29, 0.717) is 25.2 Å². The Morgan fingerprint density at radius 1 is 1.04 bits per heavy atom. The molecule has 0 aromatic heterocycles. The van der Waals surface area contributed by atoms with E-state index in [1.807, 2.05) is 42.5 Å². The van der Waals surface area contributed by atoms with Gasteiger partial charge in [-0.1, -0.05) is 36.8 Å². The summed E-state index contributed by atoms with van der Waals surface area (Å²) in [4.78, 5) is 29.5. The van der Waals surface area contributed by atoms with Crippen molar-refractivity contribution in [1.82, 2.24) is 9.80 Å². The number of carbonyl (C=O) groups excluding carboxylic acids is 1. The molecule has 5 heteroatoms. The van der Waals surface area contributed by atoms with Crippen LogP contribution in [0.5, 0.6) is 0 Å². The molecule has 5 nitrogen and oxygen atoms in total. The van der Waals surface area contributed by atoms with E-state index in [4.69, 9.17) is 0 Å². The van der Waals surface area contributed by atoms with E-state index in [-0.39, 0.29) is 11.8 Å². The zero-order chi connectivity index (χ0) is 19.3. The van der Waals surface area contributed by atoms with Crippen LogP contribution >= 0.6 is 0 Å². The first kappa shape index (κ1) is 17.7. The monoisotopic (exact) mass is 378 g/mol. The number of rotatable bonds is 4. The first-order valence-electron chi connectivity index (χ1n) is 10.3. The van der Waals surface area contributed by atoms with Gasteiger partial charge in [0.1, 0.15) is 5.41 Å². The highest BCUT2D eigenvalue weighted by molar-refractivity contribution is 5.99. The van der Waals surface area contributed by atoms with E-state index in [0.717, 1.165) is 29.8 Å². The fourth-order valence-corrected chi connectivity index (χ4v) is 5.31. The Morgan fingerprint density at radius 3 is 2.50 bits per heavy atom. The van der Waals surface area contributed by atoms with E-state index in [1.165, 1.54) is 19.3 Å². The number of amides is 1. The minimum absolute atomic E-state index is 0.0227. The van der Waals surface area contributed by atoms with Gasteiger partial charge in [0.15, 0.2) is 0 Å². The maximum absolute atomic E-state index is 13.1. The fourth-order valence-electron chi connectivity index (χ4n) is 5.31. The largest absolute Gasteiger partial charge is 0.481 e. The van der Waals surface area contributed by atoms with Gasteiger partial charge in [-0.3, -0.25) is 9.59 Å². The summed E-state index contributed by atoms with van der Waals surface area (Å²) in [5.41, 5.74) is -0.165. The lowest BCUT2D eigenvalue weighted by molar-refractivity contribution is -0.148. The second-order valence-electron chi connectivity index (χ2n) is 8.90. The second-order valence-corrected chi connectivity index (χ2v) is 8.90. The molecule has 0 spiro atoms. The molecular weight excluding hydrogens is 352 g/mol. The maximum atomic E-state index is 13.1. The number of aliphatic carboxylic acids is 1. The summed E-state index contributed by atoms with van der Waals surface area (Å²) < 4.78 is 0. The van der Waals surface area contributed by atoms with Crippen molar-refractivity contribution < 1.29 is 14.7 Å². The van der Waals surface area contributed by atoms with Crippen molar-refractivity contribution in [3.63, 3.8) is 0 Å². The van der Waals surface area contributed by atoms with Crippen molar-refractivity contribution in [3.05, 3.63) is 48.0 Å². The molecule has 2 aromatic rings. The fraction of sp³-hybridized carbons (Fsp3) is 0.478. The molecule has 0 radical (unpaired) electrons. The number of benzene rings is 2. The van der Waals surface area contributed by atoms with Crippen molar-refractivity contribution in [2.45, 2.75) is 19.3 Å². The minimum atomic E-state index is -0.809. The Labute approximate surface area is 164 Å². The molecule has 1 aliphatic carbocycles. The molecule has 5 rings (SSSR count). The summed E-state index contributed by atoms with van der Waals surface area (Å²) in [5.74, 6) is -0.0387. The highest BCUT2D eigenvalue weighted by Gasteiger charge is 2.58. The van der Waals surface area contributed by atoms with Crippen LogP contribution in [-0.4, -0.2) is 59.5 Å². The summed E-state index contributed by atoms with van der Waals surface area (Å²) >= 11 is 0. The summed E-state index contributed by atoms with van der Waals surface area (Å²) in [5, 5.41) is 12.2. The van der Waals surface area contributed by atoms with Gasteiger partial charge >= 0.3 is 5.97 Å². The van der Waals surface area contributed by atoms with Crippen LogP contribution < -0.4 is 0 Å². The highest BCUT2D eigenvalue weighted by Crippen LogP contribution is 2.44. The van der Waals surface area contributed by atoms with E-state index in [1.54, 1.807) is 4.90 Å². The van der Waals surface area contributed by atoms with Gasteiger partial charge in [-0.2, -0.15) is 0 Å². The molecule has 3 aliphatic rings. The molecule has 0 bridgehead atoms. The predicted molar refractivity (Wildman–Crippen MR) is 107 cm³/mol. The maximum Gasteiger partial charge on any atom is 0.313 e. The highest BCUT2D eigenvalue weighted by atomic mass is 16.4. The lowest BCUT2D eigenvalue weighted by Crippen LogP contribution is -2.43. The van der Waals surface area contributed by atoms with Crippen LogP contribution in [0.15, 0.2) is 42.5 Å². The normalized spacial score (nSPS) is 27.7. The van der Waals surface area contributed by atoms with Crippen molar-refractivity contribution in [2.75, 3.05) is 32.7 Å². The van der Waals surface area contributed by atoms with Crippen LogP contribution in [0.1, 0.15) is 29.6 Å². The first-order chi connectivity index (χ1) is 13.5. The molecule has 3 fully saturated rings. The lowest BCUT2D eigenvalue weighted by atomic mass is 9.81. The average molecular weight is 378 g/mol. The van der Waals surface area contributed by atoms with Crippen molar-refractivity contribution in [1.29, 1.82) is 0 Å². The number of hydrogen-bond donors (Lipinski definition) is 1. The summed E-state index contributed by atoms with van der Waals surface area (Å²) in [6, 6.07) is 13.7. The molecule has 2 atom stereocenters. The zero-order valence-corrected chi connectivity index (χ0v) is 16.0. The van der Waals surface area contributed by atoms with Crippen LogP contribution in [0, 0.1) is 17.3 Å². The SMILES string of the molecule is O=C(c1ccc2ccccc2c1)N1C[C@H]2CN(CC3CCC3)C[C@@]2(C(=O)O)C1. The molecule has 2 heterocycles. The van der Waals surface area contributed by atoms with Gasteiger partial charge in [-0.25, -0.2) is 0 Å². The number of fused-ring (bicyclic) bond motifs is 2. The Bertz CT molecular complexity index is 938. The average Bonchev–Trinajstić information content (AvgIpc) is 3.19. The third-order valence-corrected chi connectivity index (χ3v) is 7.13. The quantitative estimate of drug-likeness (QED) is 0.888. The number of likely N-dealkylation sites (tertiary alicyclic amines) is 2. The Balaban J connectivity index is 1.35. The Morgan fingerprint density at radius 2 is 1.82 bits per heavy atom. The van der Waals surface area contributed by atoms with Crippen LogP contribution in [0.2, 0.25) is 0 Å². The van der Waals surface area contributed by atoms with Crippen LogP contribution in [0.25, 0.3) is 10.8 Å². The topological polar surface area (TPSA) is 60.9 Å². The molecule has 0 unspecified atom stereocenters. The third-order valence-electron chi connectivity index (χ3n) is 7.13. The molecule has 2 saturated heterocycles. The number of hydrogen-bond acceptors (Lipinski definition) is 3. The minimum Gasteiger partial charge on any atom is -0.481 e. The second kappa shape index (κ2) is 6.59. The van der Waals surface area contributed by atoms with Gasteiger partial charge in [0.2, 0.25) is 0 Å². The molecule has 1 saturated carbocycles. The number of carboxylic acids is 1. The summed E-state index contributed by atoms with van der Waals surface area (Å²) in [6.45, 7) is 3.25. The van der Waals surface area contributed by atoms with Crippen LogP contribution in [0.4, 0.5) is 0 Å². The molecule has 1 N–H and O–H groups in total. The van der Waals surface area contributed by atoms with E-state index in [9.17, 15) is 14.7 Å².